The second-order valence-electron chi connectivity index (χ2n) is 6.78. The standard InChI is InChI=1S/C21H28N2O5.2ClH/c1-26-19-7-8-21(27-2)20(13-19)23-11-9-22(10-12-23)14-17(25)15-28-18-5-3-16(24)4-6-18;;/h3-8,13,17,24-25H,9-12,14-15H2,1-2H3;2*1H. The summed E-state index contributed by atoms with van der Waals surface area (Å²) >= 11 is 0. The lowest BCUT2D eigenvalue weighted by atomic mass is 10.2. The predicted octanol–water partition coefficient (Wildman–Crippen LogP) is 2.81. The monoisotopic (exact) mass is 460 g/mol. The summed E-state index contributed by atoms with van der Waals surface area (Å²) < 4.78 is 16.4. The van der Waals surface area contributed by atoms with Crippen molar-refractivity contribution in [3.63, 3.8) is 0 Å². The van der Waals surface area contributed by atoms with Gasteiger partial charge in [0.25, 0.3) is 0 Å². The van der Waals surface area contributed by atoms with Gasteiger partial charge in [-0.3, -0.25) is 4.90 Å². The van der Waals surface area contributed by atoms with E-state index in [4.69, 9.17) is 14.2 Å². The van der Waals surface area contributed by atoms with Crippen LogP contribution in [-0.2, 0) is 0 Å². The summed E-state index contributed by atoms with van der Waals surface area (Å²) in [5, 5.41) is 19.6. The molecule has 168 valence electrons. The van der Waals surface area contributed by atoms with Crippen LogP contribution in [0.1, 0.15) is 0 Å². The zero-order valence-electron chi connectivity index (χ0n) is 17.2. The molecule has 2 N–H and O–H groups in total. The summed E-state index contributed by atoms with van der Waals surface area (Å²) in [7, 11) is 3.33. The number of β-amino-alcohol motifs (C(OH)–C–C–N with tert-alkyl or cyclic N) is 1. The number of anilines is 1. The lowest BCUT2D eigenvalue weighted by Crippen LogP contribution is -2.49. The van der Waals surface area contributed by atoms with E-state index < -0.39 is 6.10 Å². The minimum Gasteiger partial charge on any atom is -0.508 e. The molecule has 0 radical (unpaired) electrons. The number of phenolic OH excluding ortho intramolecular Hbond substituents is 1. The van der Waals surface area contributed by atoms with Crippen LogP contribution in [0.4, 0.5) is 5.69 Å². The van der Waals surface area contributed by atoms with Gasteiger partial charge < -0.3 is 29.3 Å². The van der Waals surface area contributed by atoms with Crippen LogP contribution in [0.3, 0.4) is 0 Å². The molecule has 1 aliphatic heterocycles. The molecule has 1 heterocycles. The number of piperazine rings is 1. The highest BCUT2D eigenvalue weighted by Crippen LogP contribution is 2.32. The summed E-state index contributed by atoms with van der Waals surface area (Å²) in [5.74, 6) is 2.46. The average Bonchev–Trinajstić information content (AvgIpc) is 2.73. The van der Waals surface area contributed by atoms with Gasteiger partial charge in [-0.15, -0.1) is 24.8 Å². The molecule has 1 fully saturated rings. The van der Waals surface area contributed by atoms with Crippen LogP contribution in [0.2, 0.25) is 0 Å². The van der Waals surface area contributed by atoms with E-state index >= 15 is 0 Å². The summed E-state index contributed by atoms with van der Waals surface area (Å²) in [6.07, 6.45) is -0.577. The number of hydrogen-bond acceptors (Lipinski definition) is 7. The van der Waals surface area contributed by atoms with E-state index in [1.807, 2.05) is 18.2 Å². The van der Waals surface area contributed by atoms with Crippen molar-refractivity contribution in [3.8, 4) is 23.0 Å². The van der Waals surface area contributed by atoms with Crippen molar-refractivity contribution in [1.29, 1.82) is 0 Å². The van der Waals surface area contributed by atoms with Gasteiger partial charge in [0, 0.05) is 38.8 Å². The largest absolute Gasteiger partial charge is 0.508 e. The SMILES string of the molecule is COc1ccc(OC)c(N2CCN(CC(O)COc3ccc(O)cc3)CC2)c1.Cl.Cl. The molecule has 1 aliphatic rings. The van der Waals surface area contributed by atoms with Gasteiger partial charge in [-0.1, -0.05) is 0 Å². The maximum atomic E-state index is 10.3. The molecule has 3 rings (SSSR count). The van der Waals surface area contributed by atoms with Crippen molar-refractivity contribution >= 4 is 30.5 Å². The number of rotatable bonds is 8. The van der Waals surface area contributed by atoms with Gasteiger partial charge in [0.15, 0.2) is 0 Å². The van der Waals surface area contributed by atoms with Crippen LogP contribution in [0.25, 0.3) is 0 Å². The lowest BCUT2D eigenvalue weighted by molar-refractivity contribution is 0.0662. The number of aliphatic hydroxyl groups is 1. The molecule has 1 saturated heterocycles. The van der Waals surface area contributed by atoms with E-state index in [0.717, 1.165) is 43.4 Å². The maximum Gasteiger partial charge on any atom is 0.142 e. The fraction of sp³-hybridized carbons (Fsp3) is 0.429. The normalized spacial score (nSPS) is 14.8. The van der Waals surface area contributed by atoms with Crippen molar-refractivity contribution in [2.45, 2.75) is 6.10 Å². The number of halogens is 2. The Morgan fingerprint density at radius 2 is 1.53 bits per heavy atom. The highest BCUT2D eigenvalue weighted by atomic mass is 35.5. The summed E-state index contributed by atoms with van der Waals surface area (Å²) in [5.41, 5.74) is 1.03. The number of benzene rings is 2. The number of ether oxygens (including phenoxy) is 3. The molecule has 0 saturated carbocycles. The number of methoxy groups -OCH3 is 2. The second kappa shape index (κ2) is 12.6. The second-order valence-corrected chi connectivity index (χ2v) is 6.78. The molecular weight excluding hydrogens is 431 g/mol. The molecule has 9 heteroatoms. The van der Waals surface area contributed by atoms with Crippen LogP contribution in [0, 0.1) is 0 Å². The third-order valence-electron chi connectivity index (χ3n) is 4.85. The van der Waals surface area contributed by atoms with E-state index in [2.05, 4.69) is 9.80 Å². The van der Waals surface area contributed by atoms with E-state index in [-0.39, 0.29) is 37.2 Å². The van der Waals surface area contributed by atoms with Crippen molar-refractivity contribution in [3.05, 3.63) is 42.5 Å². The van der Waals surface area contributed by atoms with Crippen LogP contribution in [-0.4, -0.2) is 74.8 Å². The minimum absolute atomic E-state index is 0. The van der Waals surface area contributed by atoms with Gasteiger partial charge in [-0.05, 0) is 36.4 Å². The number of phenols is 1. The first kappa shape index (κ1) is 26.0. The number of nitrogens with zero attached hydrogens (tertiary/aromatic N) is 2. The van der Waals surface area contributed by atoms with Gasteiger partial charge in [0.1, 0.15) is 35.7 Å². The van der Waals surface area contributed by atoms with Crippen LogP contribution in [0.15, 0.2) is 42.5 Å². The van der Waals surface area contributed by atoms with Gasteiger partial charge in [0.05, 0.1) is 19.9 Å². The molecule has 0 aliphatic carbocycles. The molecule has 0 aromatic heterocycles. The van der Waals surface area contributed by atoms with E-state index in [0.29, 0.717) is 12.3 Å². The maximum absolute atomic E-state index is 10.3. The third-order valence-corrected chi connectivity index (χ3v) is 4.85. The topological polar surface area (TPSA) is 74.6 Å². The molecule has 2 aromatic rings. The molecule has 0 amide bonds. The first-order chi connectivity index (χ1) is 13.6. The van der Waals surface area contributed by atoms with Gasteiger partial charge in [0.2, 0.25) is 0 Å². The molecule has 7 nitrogen and oxygen atoms in total. The van der Waals surface area contributed by atoms with Crippen molar-refractivity contribution < 1.29 is 24.4 Å². The first-order valence-corrected chi connectivity index (χ1v) is 9.38. The Bertz CT molecular complexity index is 756. The number of hydrogen-bond donors (Lipinski definition) is 2. The molecule has 2 aromatic carbocycles. The van der Waals surface area contributed by atoms with E-state index in [1.165, 1.54) is 0 Å². The highest BCUT2D eigenvalue weighted by Gasteiger charge is 2.22. The Labute approximate surface area is 190 Å². The van der Waals surface area contributed by atoms with Gasteiger partial charge >= 0.3 is 0 Å². The molecule has 30 heavy (non-hydrogen) atoms. The summed E-state index contributed by atoms with van der Waals surface area (Å²) in [6.45, 7) is 4.15. The molecule has 1 atom stereocenters. The Morgan fingerprint density at radius 1 is 0.900 bits per heavy atom. The van der Waals surface area contributed by atoms with E-state index in [1.54, 1.807) is 38.5 Å². The van der Waals surface area contributed by atoms with Crippen molar-refractivity contribution in [2.24, 2.45) is 0 Å². The average molecular weight is 461 g/mol. The first-order valence-electron chi connectivity index (χ1n) is 9.38. The lowest BCUT2D eigenvalue weighted by Gasteiger charge is -2.37. The fourth-order valence-corrected chi connectivity index (χ4v) is 3.30. The summed E-state index contributed by atoms with van der Waals surface area (Å²) in [6, 6.07) is 12.3. The van der Waals surface area contributed by atoms with Crippen LogP contribution < -0.4 is 19.1 Å². The third kappa shape index (κ3) is 7.02. The van der Waals surface area contributed by atoms with Gasteiger partial charge in [-0.2, -0.15) is 0 Å². The molecule has 0 spiro atoms. The van der Waals surface area contributed by atoms with Crippen LogP contribution >= 0.6 is 24.8 Å². The summed E-state index contributed by atoms with van der Waals surface area (Å²) in [4.78, 5) is 4.51. The number of aliphatic hydroxyl groups excluding tert-OH is 1. The molecule has 1 unspecified atom stereocenters. The fourth-order valence-electron chi connectivity index (χ4n) is 3.30. The number of aromatic hydroxyl groups is 1. The predicted molar refractivity (Wildman–Crippen MR) is 122 cm³/mol. The van der Waals surface area contributed by atoms with E-state index in [9.17, 15) is 10.2 Å². The Hall–Kier alpha value is -2.06. The Kier molecular flexibility index (Phi) is 10.9. The highest BCUT2D eigenvalue weighted by molar-refractivity contribution is 5.85. The Balaban J connectivity index is 0.00000225. The quantitative estimate of drug-likeness (QED) is 0.626. The smallest absolute Gasteiger partial charge is 0.142 e. The van der Waals surface area contributed by atoms with Crippen molar-refractivity contribution in [2.75, 3.05) is 58.5 Å². The minimum atomic E-state index is -0.577. The van der Waals surface area contributed by atoms with Crippen molar-refractivity contribution in [1.82, 2.24) is 4.90 Å². The van der Waals surface area contributed by atoms with Gasteiger partial charge in [-0.25, -0.2) is 0 Å². The zero-order chi connectivity index (χ0) is 19.9. The molecule has 0 bridgehead atoms. The zero-order valence-corrected chi connectivity index (χ0v) is 18.8. The van der Waals surface area contributed by atoms with Crippen LogP contribution in [0.5, 0.6) is 23.0 Å². The molecular formula is C21H30Cl2N2O5. The Morgan fingerprint density at radius 3 is 2.13 bits per heavy atom.